The van der Waals surface area contributed by atoms with Crippen molar-refractivity contribution in [2.24, 2.45) is 0 Å². The molecule has 2 aromatic heterocycles. The van der Waals surface area contributed by atoms with Crippen LogP contribution in [0.4, 0.5) is 0 Å². The normalized spacial score (nSPS) is 18.4. The van der Waals surface area contributed by atoms with Crippen molar-refractivity contribution in [2.45, 2.75) is 42.8 Å². The van der Waals surface area contributed by atoms with Crippen molar-refractivity contribution in [3.8, 4) is 0 Å². The van der Waals surface area contributed by atoms with Gasteiger partial charge in [0.1, 0.15) is 5.82 Å². The van der Waals surface area contributed by atoms with E-state index in [0.29, 0.717) is 28.4 Å². The van der Waals surface area contributed by atoms with Gasteiger partial charge in [-0.2, -0.15) is 0 Å². The van der Waals surface area contributed by atoms with E-state index in [1.165, 1.54) is 11.8 Å². The molecule has 1 aliphatic heterocycles. The van der Waals surface area contributed by atoms with Gasteiger partial charge in [-0.15, -0.1) is 5.10 Å². The maximum Gasteiger partial charge on any atom is 0.344 e. The van der Waals surface area contributed by atoms with E-state index in [9.17, 15) is 9.59 Å². The van der Waals surface area contributed by atoms with Crippen LogP contribution in [0, 0.1) is 0 Å². The van der Waals surface area contributed by atoms with Crippen LogP contribution in [0.1, 0.15) is 30.8 Å². The van der Waals surface area contributed by atoms with E-state index in [4.69, 9.17) is 4.74 Å². The number of para-hydroxylation sites is 1. The summed E-state index contributed by atoms with van der Waals surface area (Å²) in [6.07, 6.45) is 1.99. The predicted molar refractivity (Wildman–Crippen MR) is 98.5 cm³/mol. The lowest BCUT2D eigenvalue weighted by Crippen LogP contribution is -2.25. The first-order valence-electron chi connectivity index (χ1n) is 8.54. The van der Waals surface area contributed by atoms with Gasteiger partial charge in [0.15, 0.2) is 5.16 Å². The summed E-state index contributed by atoms with van der Waals surface area (Å²) >= 11 is 1.38. The zero-order chi connectivity index (χ0) is 18.1. The Morgan fingerprint density at radius 1 is 1.38 bits per heavy atom. The van der Waals surface area contributed by atoms with Gasteiger partial charge in [0.2, 0.25) is 0 Å². The smallest absolute Gasteiger partial charge is 0.344 e. The van der Waals surface area contributed by atoms with E-state index < -0.39 is 0 Å². The molecule has 1 fully saturated rings. The standard InChI is InChI=1S/C17H19N5O3S/c1-10(14-18-13-7-3-2-6-12(13)15(23)19-14)26-17-21-20-16(24)22(17)9-11-5-4-8-25-11/h2-3,6-7,10-11H,4-5,8-9H2,1H3,(H,20,24)(H,18,19,23)/t10-,11-/m1/s1. The van der Waals surface area contributed by atoms with Crippen molar-refractivity contribution in [1.29, 1.82) is 0 Å². The molecule has 0 bridgehead atoms. The molecule has 0 spiro atoms. The Labute approximate surface area is 153 Å². The maximum absolute atomic E-state index is 12.3. The monoisotopic (exact) mass is 373 g/mol. The summed E-state index contributed by atoms with van der Waals surface area (Å²) in [4.78, 5) is 31.7. The second-order valence-corrected chi connectivity index (χ2v) is 7.59. The molecule has 4 rings (SSSR count). The minimum absolute atomic E-state index is 0.0403. The SMILES string of the molecule is C[C@@H](Sc1n[nH]c(=O)n1C[C@H]1CCCO1)c1nc2ccccc2c(=O)[nH]1. The number of benzene rings is 1. The van der Waals surface area contributed by atoms with Gasteiger partial charge in [-0.1, -0.05) is 23.9 Å². The van der Waals surface area contributed by atoms with Crippen LogP contribution in [0.15, 0.2) is 39.0 Å². The highest BCUT2D eigenvalue weighted by Gasteiger charge is 2.22. The van der Waals surface area contributed by atoms with Gasteiger partial charge >= 0.3 is 5.69 Å². The van der Waals surface area contributed by atoms with Crippen molar-refractivity contribution in [2.75, 3.05) is 6.61 Å². The average Bonchev–Trinajstić information content (AvgIpc) is 3.27. The van der Waals surface area contributed by atoms with Crippen LogP contribution in [0.2, 0.25) is 0 Å². The summed E-state index contributed by atoms with van der Waals surface area (Å²) in [5.74, 6) is 0.554. The second-order valence-electron chi connectivity index (χ2n) is 6.29. The maximum atomic E-state index is 12.3. The molecule has 136 valence electrons. The fourth-order valence-corrected chi connectivity index (χ4v) is 3.98. The summed E-state index contributed by atoms with van der Waals surface area (Å²) in [5, 5.41) is 7.57. The molecule has 2 atom stereocenters. The predicted octanol–water partition coefficient (Wildman–Crippen LogP) is 1.84. The van der Waals surface area contributed by atoms with E-state index in [-0.39, 0.29) is 22.6 Å². The molecular weight excluding hydrogens is 354 g/mol. The number of ether oxygens (including phenoxy) is 1. The summed E-state index contributed by atoms with van der Waals surface area (Å²) in [6.45, 7) is 3.14. The molecular formula is C17H19N5O3S. The van der Waals surface area contributed by atoms with Crippen molar-refractivity contribution in [1.82, 2.24) is 24.7 Å². The van der Waals surface area contributed by atoms with Crippen LogP contribution in [0.3, 0.4) is 0 Å². The third-order valence-corrected chi connectivity index (χ3v) is 5.53. The molecule has 9 heteroatoms. The van der Waals surface area contributed by atoms with E-state index in [0.717, 1.165) is 19.4 Å². The van der Waals surface area contributed by atoms with Crippen LogP contribution in [0.25, 0.3) is 10.9 Å². The zero-order valence-electron chi connectivity index (χ0n) is 14.3. The van der Waals surface area contributed by atoms with Crippen LogP contribution in [0.5, 0.6) is 0 Å². The number of rotatable bonds is 5. The highest BCUT2D eigenvalue weighted by Crippen LogP contribution is 2.31. The molecule has 26 heavy (non-hydrogen) atoms. The van der Waals surface area contributed by atoms with Gasteiger partial charge in [-0.05, 0) is 31.9 Å². The summed E-state index contributed by atoms with van der Waals surface area (Å²) in [6, 6.07) is 7.22. The van der Waals surface area contributed by atoms with Crippen LogP contribution < -0.4 is 11.2 Å². The number of aromatic nitrogens is 5. The molecule has 8 nitrogen and oxygen atoms in total. The van der Waals surface area contributed by atoms with Crippen molar-refractivity contribution < 1.29 is 4.74 Å². The lowest BCUT2D eigenvalue weighted by atomic mass is 10.2. The lowest BCUT2D eigenvalue weighted by molar-refractivity contribution is 0.0941. The van der Waals surface area contributed by atoms with Crippen molar-refractivity contribution >= 4 is 22.7 Å². The van der Waals surface area contributed by atoms with Gasteiger partial charge in [0.05, 0.1) is 28.8 Å². The van der Waals surface area contributed by atoms with E-state index in [1.54, 1.807) is 10.6 Å². The first kappa shape index (κ1) is 17.0. The molecule has 0 aliphatic carbocycles. The van der Waals surface area contributed by atoms with Crippen LogP contribution in [-0.4, -0.2) is 37.4 Å². The third-order valence-electron chi connectivity index (χ3n) is 4.43. The highest BCUT2D eigenvalue weighted by atomic mass is 32.2. The molecule has 1 aliphatic rings. The molecule has 0 unspecified atom stereocenters. The first-order chi connectivity index (χ1) is 12.6. The zero-order valence-corrected chi connectivity index (χ0v) is 15.1. The van der Waals surface area contributed by atoms with Gasteiger partial charge in [0.25, 0.3) is 5.56 Å². The van der Waals surface area contributed by atoms with Gasteiger partial charge < -0.3 is 9.72 Å². The Morgan fingerprint density at radius 2 is 2.23 bits per heavy atom. The first-order valence-corrected chi connectivity index (χ1v) is 9.42. The molecule has 2 N–H and O–H groups in total. The molecule has 3 heterocycles. The highest BCUT2D eigenvalue weighted by molar-refractivity contribution is 7.99. The molecule has 1 saturated heterocycles. The second kappa shape index (κ2) is 7.08. The minimum atomic E-state index is -0.254. The molecule has 1 aromatic carbocycles. The largest absolute Gasteiger partial charge is 0.376 e. The Kier molecular flexibility index (Phi) is 4.64. The summed E-state index contributed by atoms with van der Waals surface area (Å²) in [7, 11) is 0. The molecule has 3 aromatic rings. The minimum Gasteiger partial charge on any atom is -0.376 e. The number of hydrogen-bond donors (Lipinski definition) is 2. The van der Waals surface area contributed by atoms with E-state index in [1.807, 2.05) is 25.1 Å². The molecule has 0 radical (unpaired) electrons. The number of aromatic amines is 2. The Bertz CT molecular complexity index is 1030. The van der Waals surface area contributed by atoms with E-state index in [2.05, 4.69) is 20.2 Å². The Hall–Kier alpha value is -2.39. The quantitative estimate of drug-likeness (QED) is 0.661. The number of fused-ring (bicyclic) bond motifs is 1. The van der Waals surface area contributed by atoms with E-state index >= 15 is 0 Å². The number of H-pyrrole nitrogens is 2. The van der Waals surface area contributed by atoms with Gasteiger partial charge in [-0.25, -0.2) is 14.9 Å². The Balaban J connectivity index is 1.59. The molecule has 0 saturated carbocycles. The fourth-order valence-electron chi connectivity index (χ4n) is 3.06. The summed E-state index contributed by atoms with van der Waals surface area (Å²) < 4.78 is 7.21. The topological polar surface area (TPSA) is 106 Å². The summed E-state index contributed by atoms with van der Waals surface area (Å²) in [5.41, 5.74) is 0.226. The number of hydrogen-bond acceptors (Lipinski definition) is 6. The van der Waals surface area contributed by atoms with Gasteiger partial charge in [-0.3, -0.25) is 9.36 Å². The van der Waals surface area contributed by atoms with Crippen molar-refractivity contribution in [3.63, 3.8) is 0 Å². The average molecular weight is 373 g/mol. The number of thioether (sulfide) groups is 1. The third kappa shape index (κ3) is 3.32. The van der Waals surface area contributed by atoms with Crippen LogP contribution in [-0.2, 0) is 11.3 Å². The Morgan fingerprint density at radius 3 is 3.04 bits per heavy atom. The lowest BCUT2D eigenvalue weighted by Gasteiger charge is -2.13. The van der Waals surface area contributed by atoms with Crippen LogP contribution >= 0.6 is 11.8 Å². The van der Waals surface area contributed by atoms with Crippen molar-refractivity contribution in [3.05, 3.63) is 50.9 Å². The fraction of sp³-hybridized carbons (Fsp3) is 0.412. The number of nitrogens with one attached hydrogen (secondary N) is 2. The van der Waals surface area contributed by atoms with Gasteiger partial charge in [0, 0.05) is 6.61 Å². The number of nitrogens with zero attached hydrogens (tertiary/aromatic N) is 3. The molecule has 0 amide bonds.